The van der Waals surface area contributed by atoms with Gasteiger partial charge in [-0.05, 0) is 51.6 Å². The van der Waals surface area contributed by atoms with Gasteiger partial charge in [0.2, 0.25) is 0 Å². The van der Waals surface area contributed by atoms with Crippen LogP contribution in [0.4, 0.5) is 0 Å². The molecule has 4 heteroatoms. The van der Waals surface area contributed by atoms with Crippen LogP contribution < -0.4 is 0 Å². The Morgan fingerprint density at radius 3 is 2.61 bits per heavy atom. The van der Waals surface area contributed by atoms with E-state index in [4.69, 9.17) is 4.74 Å². The minimum absolute atomic E-state index is 0.373. The Bertz CT molecular complexity index is 279. The zero-order valence-corrected chi connectivity index (χ0v) is 11.4. The Morgan fingerprint density at radius 1 is 1.39 bits per heavy atom. The van der Waals surface area contributed by atoms with Crippen molar-refractivity contribution in [3.63, 3.8) is 0 Å². The lowest BCUT2D eigenvalue weighted by atomic mass is 9.76. The minimum atomic E-state index is -0.612. The number of hydrogen-bond acceptors (Lipinski definition) is 3. The molecule has 0 radical (unpaired) electrons. The van der Waals surface area contributed by atoms with Crippen molar-refractivity contribution in [2.24, 2.45) is 5.41 Å². The predicted molar refractivity (Wildman–Crippen MR) is 69.6 cm³/mol. The number of hydrogen-bond donors (Lipinski definition) is 1. The molecule has 2 fully saturated rings. The monoisotopic (exact) mass is 255 g/mol. The quantitative estimate of drug-likeness (QED) is 0.836. The maximum atomic E-state index is 11.4. The molecular formula is C14H25NO3. The van der Waals surface area contributed by atoms with E-state index in [0.717, 1.165) is 51.9 Å². The van der Waals surface area contributed by atoms with Gasteiger partial charge in [-0.2, -0.15) is 0 Å². The summed E-state index contributed by atoms with van der Waals surface area (Å²) in [7, 11) is 0. The second kappa shape index (κ2) is 6.02. The highest BCUT2D eigenvalue weighted by Gasteiger charge is 2.40. The molecule has 2 aliphatic rings. The molecule has 1 unspecified atom stereocenters. The third-order valence-electron chi connectivity index (χ3n) is 4.68. The van der Waals surface area contributed by atoms with E-state index >= 15 is 0 Å². The fraction of sp³-hybridized carbons (Fsp3) is 0.929. The van der Waals surface area contributed by atoms with Crippen LogP contribution in [0.25, 0.3) is 0 Å². The van der Waals surface area contributed by atoms with Crippen molar-refractivity contribution in [1.29, 1.82) is 0 Å². The van der Waals surface area contributed by atoms with E-state index in [2.05, 4.69) is 4.90 Å². The van der Waals surface area contributed by atoms with E-state index in [-0.39, 0.29) is 0 Å². The topological polar surface area (TPSA) is 49.8 Å². The van der Waals surface area contributed by atoms with Gasteiger partial charge in [0.15, 0.2) is 0 Å². The molecule has 1 atom stereocenters. The van der Waals surface area contributed by atoms with E-state index < -0.39 is 11.4 Å². The number of carboxylic acids is 1. The van der Waals surface area contributed by atoms with E-state index in [1.165, 1.54) is 12.8 Å². The summed E-state index contributed by atoms with van der Waals surface area (Å²) >= 11 is 0. The third-order valence-corrected chi connectivity index (χ3v) is 4.68. The highest BCUT2D eigenvalue weighted by Crippen LogP contribution is 2.35. The van der Waals surface area contributed by atoms with E-state index in [0.29, 0.717) is 6.10 Å². The normalized spacial score (nSPS) is 29.1. The second-order valence-electron chi connectivity index (χ2n) is 5.73. The number of carboxylic acid groups (broad SMARTS) is 1. The summed E-state index contributed by atoms with van der Waals surface area (Å²) in [5, 5.41) is 9.35. The molecule has 2 aliphatic heterocycles. The second-order valence-corrected chi connectivity index (χ2v) is 5.73. The van der Waals surface area contributed by atoms with Gasteiger partial charge in [-0.1, -0.05) is 6.92 Å². The van der Waals surface area contributed by atoms with Crippen LogP contribution in [0.1, 0.15) is 45.4 Å². The SMILES string of the molecule is CCC1(C(=O)O)CCN(CC2CCCCO2)CC1. The summed E-state index contributed by atoms with van der Waals surface area (Å²) in [5.41, 5.74) is -0.468. The smallest absolute Gasteiger partial charge is 0.309 e. The molecule has 0 aromatic rings. The lowest BCUT2D eigenvalue weighted by Crippen LogP contribution is -2.46. The van der Waals surface area contributed by atoms with Crippen molar-refractivity contribution in [1.82, 2.24) is 4.90 Å². The zero-order chi connectivity index (χ0) is 13.0. The average Bonchev–Trinajstić information content (AvgIpc) is 2.41. The summed E-state index contributed by atoms with van der Waals surface area (Å²) in [6.07, 6.45) is 6.31. The number of carbonyl (C=O) groups is 1. The third kappa shape index (κ3) is 3.04. The van der Waals surface area contributed by atoms with Crippen LogP contribution in [0, 0.1) is 5.41 Å². The molecule has 2 rings (SSSR count). The molecule has 0 aliphatic carbocycles. The van der Waals surface area contributed by atoms with Crippen molar-refractivity contribution in [3.8, 4) is 0 Å². The van der Waals surface area contributed by atoms with Gasteiger partial charge in [0.05, 0.1) is 11.5 Å². The van der Waals surface area contributed by atoms with Crippen LogP contribution in [0.15, 0.2) is 0 Å². The Morgan fingerprint density at radius 2 is 2.11 bits per heavy atom. The molecule has 0 bridgehead atoms. The van der Waals surface area contributed by atoms with Gasteiger partial charge >= 0.3 is 5.97 Å². The van der Waals surface area contributed by atoms with E-state index in [9.17, 15) is 9.90 Å². The number of nitrogens with zero attached hydrogens (tertiary/aromatic N) is 1. The molecule has 0 aromatic heterocycles. The van der Waals surface area contributed by atoms with Crippen LogP contribution in [0.2, 0.25) is 0 Å². The van der Waals surface area contributed by atoms with E-state index in [1.807, 2.05) is 6.92 Å². The van der Waals surface area contributed by atoms with E-state index in [1.54, 1.807) is 0 Å². The summed E-state index contributed by atoms with van der Waals surface area (Å²) in [4.78, 5) is 13.7. The number of ether oxygens (including phenoxy) is 1. The first-order valence-corrected chi connectivity index (χ1v) is 7.24. The predicted octanol–water partition coefficient (Wildman–Crippen LogP) is 2.13. The number of piperidine rings is 1. The van der Waals surface area contributed by atoms with Gasteiger partial charge in [0, 0.05) is 13.2 Å². The molecule has 2 saturated heterocycles. The maximum Gasteiger partial charge on any atom is 0.309 e. The van der Waals surface area contributed by atoms with Gasteiger partial charge in [-0.3, -0.25) is 4.79 Å². The maximum absolute atomic E-state index is 11.4. The molecule has 0 aromatic carbocycles. The van der Waals surface area contributed by atoms with Crippen molar-refractivity contribution in [2.75, 3.05) is 26.2 Å². The highest BCUT2D eigenvalue weighted by molar-refractivity contribution is 5.74. The first kappa shape index (κ1) is 13.8. The lowest BCUT2D eigenvalue weighted by molar-refractivity contribution is -0.152. The number of rotatable bonds is 4. The van der Waals surface area contributed by atoms with Crippen LogP contribution in [0.3, 0.4) is 0 Å². The fourth-order valence-corrected chi connectivity index (χ4v) is 3.12. The Hall–Kier alpha value is -0.610. The zero-order valence-electron chi connectivity index (χ0n) is 11.4. The summed E-state index contributed by atoms with van der Waals surface area (Å²) in [5.74, 6) is -0.612. The Balaban J connectivity index is 1.80. The molecule has 0 spiro atoms. The Labute approximate surface area is 109 Å². The molecule has 104 valence electrons. The summed E-state index contributed by atoms with van der Waals surface area (Å²) < 4.78 is 5.75. The van der Waals surface area contributed by atoms with Gasteiger partial charge in [0.25, 0.3) is 0 Å². The lowest BCUT2D eigenvalue weighted by Gasteiger charge is -2.40. The van der Waals surface area contributed by atoms with Crippen LogP contribution >= 0.6 is 0 Å². The molecule has 0 amide bonds. The van der Waals surface area contributed by atoms with Gasteiger partial charge in [-0.25, -0.2) is 0 Å². The molecule has 4 nitrogen and oxygen atoms in total. The number of aliphatic carboxylic acids is 1. The summed E-state index contributed by atoms with van der Waals surface area (Å²) in [6, 6.07) is 0. The summed E-state index contributed by atoms with van der Waals surface area (Å²) in [6.45, 7) is 5.68. The minimum Gasteiger partial charge on any atom is -0.481 e. The molecule has 1 N–H and O–H groups in total. The van der Waals surface area contributed by atoms with Gasteiger partial charge in [-0.15, -0.1) is 0 Å². The first-order chi connectivity index (χ1) is 8.66. The molecule has 0 saturated carbocycles. The van der Waals surface area contributed by atoms with Crippen molar-refractivity contribution in [3.05, 3.63) is 0 Å². The molecular weight excluding hydrogens is 230 g/mol. The average molecular weight is 255 g/mol. The van der Waals surface area contributed by atoms with Crippen LogP contribution in [0.5, 0.6) is 0 Å². The first-order valence-electron chi connectivity index (χ1n) is 7.24. The fourth-order valence-electron chi connectivity index (χ4n) is 3.12. The number of likely N-dealkylation sites (tertiary alicyclic amines) is 1. The Kier molecular flexibility index (Phi) is 4.62. The van der Waals surface area contributed by atoms with Crippen LogP contribution in [-0.2, 0) is 9.53 Å². The largest absolute Gasteiger partial charge is 0.481 e. The standard InChI is InChI=1S/C14H25NO3/c1-2-14(13(16)17)6-8-15(9-7-14)11-12-5-3-4-10-18-12/h12H,2-11H2,1H3,(H,16,17). The van der Waals surface area contributed by atoms with Crippen molar-refractivity contribution < 1.29 is 14.6 Å². The van der Waals surface area contributed by atoms with Gasteiger partial charge < -0.3 is 14.7 Å². The van der Waals surface area contributed by atoms with Crippen molar-refractivity contribution >= 4 is 5.97 Å². The highest BCUT2D eigenvalue weighted by atomic mass is 16.5. The van der Waals surface area contributed by atoms with Gasteiger partial charge in [0.1, 0.15) is 0 Å². The van der Waals surface area contributed by atoms with Crippen LogP contribution in [-0.4, -0.2) is 48.3 Å². The molecule has 2 heterocycles. The van der Waals surface area contributed by atoms with Crippen molar-refractivity contribution in [2.45, 2.75) is 51.6 Å². The molecule has 18 heavy (non-hydrogen) atoms.